The van der Waals surface area contributed by atoms with Crippen molar-refractivity contribution in [2.24, 2.45) is 0 Å². The van der Waals surface area contributed by atoms with E-state index in [1.165, 1.54) is 18.3 Å². The van der Waals surface area contributed by atoms with Gasteiger partial charge < -0.3 is 11.1 Å². The van der Waals surface area contributed by atoms with Gasteiger partial charge in [0.1, 0.15) is 17.3 Å². The Hall–Kier alpha value is -2.29. The van der Waals surface area contributed by atoms with Gasteiger partial charge in [0, 0.05) is 6.20 Å². The van der Waals surface area contributed by atoms with Gasteiger partial charge in [-0.1, -0.05) is 0 Å². The SMILES string of the molecule is Nc1nccc(Nc2cc(Br)c(F)cc2[N+](=O)[O-])n1. The normalized spacial score (nSPS) is 10.2. The molecular formula is C10H7BrFN5O2. The van der Waals surface area contributed by atoms with Crippen molar-refractivity contribution in [3.05, 3.63) is 44.8 Å². The average Bonchev–Trinajstić information content (AvgIpc) is 2.33. The number of anilines is 3. The molecule has 19 heavy (non-hydrogen) atoms. The second-order valence-corrected chi connectivity index (χ2v) is 4.32. The Morgan fingerprint density at radius 1 is 1.47 bits per heavy atom. The summed E-state index contributed by atoms with van der Waals surface area (Å²) in [5.74, 6) is -0.428. The third kappa shape index (κ3) is 2.94. The van der Waals surface area contributed by atoms with Gasteiger partial charge in [0.05, 0.1) is 15.5 Å². The first-order valence-electron chi connectivity index (χ1n) is 4.96. The molecule has 9 heteroatoms. The Kier molecular flexibility index (Phi) is 3.56. The first kappa shape index (κ1) is 13.1. The maximum Gasteiger partial charge on any atom is 0.295 e. The molecule has 0 amide bonds. The maximum atomic E-state index is 13.3. The van der Waals surface area contributed by atoms with Crippen molar-refractivity contribution in [3.8, 4) is 0 Å². The zero-order valence-electron chi connectivity index (χ0n) is 9.30. The molecular weight excluding hydrogens is 321 g/mol. The highest BCUT2D eigenvalue weighted by molar-refractivity contribution is 9.10. The lowest BCUT2D eigenvalue weighted by Gasteiger charge is -2.07. The van der Waals surface area contributed by atoms with Crippen LogP contribution in [0.3, 0.4) is 0 Å². The van der Waals surface area contributed by atoms with Crippen molar-refractivity contribution in [2.75, 3.05) is 11.1 Å². The van der Waals surface area contributed by atoms with Crippen molar-refractivity contribution >= 4 is 39.1 Å². The number of nitro benzene ring substituents is 1. The molecule has 0 bridgehead atoms. The second-order valence-electron chi connectivity index (χ2n) is 3.47. The summed E-state index contributed by atoms with van der Waals surface area (Å²) in [6.07, 6.45) is 1.40. The van der Waals surface area contributed by atoms with Crippen molar-refractivity contribution < 1.29 is 9.31 Å². The third-order valence-corrected chi connectivity index (χ3v) is 2.78. The first-order chi connectivity index (χ1) is 8.97. The van der Waals surface area contributed by atoms with Gasteiger partial charge in [0.25, 0.3) is 5.69 Å². The van der Waals surface area contributed by atoms with Crippen LogP contribution in [-0.2, 0) is 0 Å². The molecule has 98 valence electrons. The molecule has 2 aromatic rings. The van der Waals surface area contributed by atoms with Gasteiger partial charge in [0.15, 0.2) is 0 Å². The predicted molar refractivity (Wildman–Crippen MR) is 70.5 cm³/mol. The van der Waals surface area contributed by atoms with E-state index < -0.39 is 16.4 Å². The molecule has 0 aliphatic heterocycles. The van der Waals surface area contributed by atoms with Crippen LogP contribution < -0.4 is 11.1 Å². The third-order valence-electron chi connectivity index (χ3n) is 2.17. The van der Waals surface area contributed by atoms with Crippen molar-refractivity contribution in [1.82, 2.24) is 9.97 Å². The van der Waals surface area contributed by atoms with Crippen molar-refractivity contribution in [1.29, 1.82) is 0 Å². The molecule has 0 spiro atoms. The Morgan fingerprint density at radius 3 is 2.84 bits per heavy atom. The van der Waals surface area contributed by atoms with Crippen LogP contribution in [0.5, 0.6) is 0 Å². The number of nitrogen functional groups attached to an aromatic ring is 1. The summed E-state index contributed by atoms with van der Waals surface area (Å²) in [4.78, 5) is 17.7. The lowest BCUT2D eigenvalue weighted by Crippen LogP contribution is -2.02. The number of benzene rings is 1. The number of nitrogens with two attached hydrogens (primary N) is 1. The van der Waals surface area contributed by atoms with Crippen LogP contribution in [-0.4, -0.2) is 14.9 Å². The van der Waals surface area contributed by atoms with Crippen LogP contribution in [0.15, 0.2) is 28.9 Å². The molecule has 0 unspecified atom stereocenters. The minimum atomic E-state index is -0.723. The van der Waals surface area contributed by atoms with Crippen LogP contribution in [0.25, 0.3) is 0 Å². The van der Waals surface area contributed by atoms with E-state index in [-0.39, 0.29) is 21.9 Å². The predicted octanol–water partition coefficient (Wildman–Crippen LogP) is 2.61. The smallest absolute Gasteiger partial charge is 0.295 e. The minimum Gasteiger partial charge on any atom is -0.368 e. The van der Waals surface area contributed by atoms with Crippen LogP contribution in [0.2, 0.25) is 0 Å². The summed E-state index contributed by atoms with van der Waals surface area (Å²) in [5, 5.41) is 13.6. The van der Waals surface area contributed by atoms with E-state index in [0.29, 0.717) is 0 Å². The van der Waals surface area contributed by atoms with E-state index in [0.717, 1.165) is 6.07 Å². The lowest BCUT2D eigenvalue weighted by molar-refractivity contribution is -0.384. The number of rotatable bonds is 3. The van der Waals surface area contributed by atoms with Gasteiger partial charge in [-0.05, 0) is 28.1 Å². The Bertz CT molecular complexity index is 652. The maximum absolute atomic E-state index is 13.3. The average molecular weight is 328 g/mol. The molecule has 0 radical (unpaired) electrons. The molecule has 0 aliphatic rings. The summed E-state index contributed by atoms with van der Waals surface area (Å²) in [5.41, 5.74) is 5.09. The van der Waals surface area contributed by atoms with E-state index in [4.69, 9.17) is 5.73 Å². The number of aromatic nitrogens is 2. The largest absolute Gasteiger partial charge is 0.368 e. The van der Waals surface area contributed by atoms with Gasteiger partial charge in [-0.3, -0.25) is 10.1 Å². The Balaban J connectivity index is 2.44. The number of nitrogens with zero attached hydrogens (tertiary/aromatic N) is 3. The molecule has 0 atom stereocenters. The molecule has 0 saturated heterocycles. The minimum absolute atomic E-state index is 0.0221. The van der Waals surface area contributed by atoms with Gasteiger partial charge in [-0.15, -0.1) is 0 Å². The lowest BCUT2D eigenvalue weighted by atomic mass is 10.2. The number of hydrogen-bond donors (Lipinski definition) is 2. The van der Waals surface area contributed by atoms with E-state index >= 15 is 0 Å². The van der Waals surface area contributed by atoms with E-state index in [9.17, 15) is 14.5 Å². The van der Waals surface area contributed by atoms with Crippen LogP contribution in [0, 0.1) is 15.9 Å². The number of nitrogens with one attached hydrogen (secondary N) is 1. The first-order valence-corrected chi connectivity index (χ1v) is 5.75. The monoisotopic (exact) mass is 327 g/mol. The van der Waals surface area contributed by atoms with Gasteiger partial charge >= 0.3 is 0 Å². The van der Waals surface area contributed by atoms with Crippen LogP contribution in [0.1, 0.15) is 0 Å². The summed E-state index contributed by atoms with van der Waals surface area (Å²) >= 11 is 2.96. The van der Waals surface area contributed by atoms with Crippen LogP contribution >= 0.6 is 15.9 Å². The Labute approximate surface area is 115 Å². The summed E-state index contributed by atoms with van der Waals surface area (Å²) in [7, 11) is 0. The number of halogens is 2. The number of hydrogen-bond acceptors (Lipinski definition) is 6. The molecule has 1 heterocycles. The van der Waals surface area contributed by atoms with E-state index in [1.807, 2.05) is 0 Å². The molecule has 0 saturated carbocycles. The fraction of sp³-hybridized carbons (Fsp3) is 0. The van der Waals surface area contributed by atoms with E-state index in [2.05, 4.69) is 31.2 Å². The number of nitro groups is 1. The molecule has 1 aromatic heterocycles. The molecule has 2 rings (SSSR count). The van der Waals surface area contributed by atoms with E-state index in [1.54, 1.807) is 0 Å². The van der Waals surface area contributed by atoms with Crippen molar-refractivity contribution in [2.45, 2.75) is 0 Å². The quantitative estimate of drug-likeness (QED) is 0.662. The topological polar surface area (TPSA) is 107 Å². The van der Waals surface area contributed by atoms with Crippen molar-refractivity contribution in [3.63, 3.8) is 0 Å². The zero-order valence-corrected chi connectivity index (χ0v) is 10.9. The molecule has 3 N–H and O–H groups in total. The highest BCUT2D eigenvalue weighted by atomic mass is 79.9. The summed E-state index contributed by atoms with van der Waals surface area (Å²) < 4.78 is 13.4. The standard InChI is InChI=1S/C10H7BrFN5O2/c11-5-3-7(8(17(18)19)4-6(5)12)15-9-1-2-14-10(13)16-9/h1-4H,(H3,13,14,15,16). The molecule has 0 aliphatic carbocycles. The molecule has 7 nitrogen and oxygen atoms in total. The Morgan fingerprint density at radius 2 is 2.21 bits per heavy atom. The second kappa shape index (κ2) is 5.14. The van der Waals surface area contributed by atoms with Gasteiger partial charge in [0.2, 0.25) is 5.95 Å². The van der Waals surface area contributed by atoms with Gasteiger partial charge in [-0.2, -0.15) is 4.98 Å². The summed E-state index contributed by atoms with van der Waals surface area (Å²) in [6, 6.07) is 3.56. The molecule has 1 aromatic carbocycles. The highest BCUT2D eigenvalue weighted by Gasteiger charge is 2.18. The van der Waals surface area contributed by atoms with Crippen LogP contribution in [0.4, 0.5) is 27.5 Å². The fourth-order valence-electron chi connectivity index (χ4n) is 1.37. The van der Waals surface area contributed by atoms with Gasteiger partial charge in [-0.25, -0.2) is 9.37 Å². The zero-order chi connectivity index (χ0) is 14.0. The highest BCUT2D eigenvalue weighted by Crippen LogP contribution is 2.32. The molecule has 0 fully saturated rings. The summed E-state index contributed by atoms with van der Waals surface area (Å²) in [6.45, 7) is 0. The fourth-order valence-corrected chi connectivity index (χ4v) is 1.71.